The first kappa shape index (κ1) is 14.3. The van der Waals surface area contributed by atoms with Gasteiger partial charge < -0.3 is 4.98 Å². The van der Waals surface area contributed by atoms with Crippen LogP contribution >= 0.6 is 0 Å². The molecule has 0 aliphatic carbocycles. The highest BCUT2D eigenvalue weighted by atomic mass is 15.1. The summed E-state index contributed by atoms with van der Waals surface area (Å²) < 4.78 is 0. The summed E-state index contributed by atoms with van der Waals surface area (Å²) in [6, 6.07) is 19.2. The lowest BCUT2D eigenvalue weighted by molar-refractivity contribution is 0.274. The average molecular weight is 302 g/mol. The first-order valence-corrected chi connectivity index (χ1v) is 8.32. The zero-order chi connectivity index (χ0) is 15.6. The Morgan fingerprint density at radius 2 is 1.87 bits per heavy atom. The third-order valence-corrected chi connectivity index (χ3v) is 4.65. The van der Waals surface area contributed by atoms with Gasteiger partial charge in [0, 0.05) is 36.2 Å². The summed E-state index contributed by atoms with van der Waals surface area (Å²) in [6.07, 6.45) is 3.43. The molecule has 2 nitrogen and oxygen atoms in total. The van der Waals surface area contributed by atoms with Crippen LogP contribution in [0.4, 0.5) is 0 Å². The molecule has 0 saturated heterocycles. The average Bonchev–Trinajstić information content (AvgIpc) is 2.93. The zero-order valence-corrected chi connectivity index (χ0v) is 13.5. The number of benzene rings is 2. The van der Waals surface area contributed by atoms with Gasteiger partial charge in [-0.1, -0.05) is 60.2 Å². The summed E-state index contributed by atoms with van der Waals surface area (Å²) in [4.78, 5) is 6.14. The molecule has 0 bridgehead atoms. The Morgan fingerprint density at radius 3 is 2.74 bits per heavy atom. The van der Waals surface area contributed by atoms with E-state index in [1.165, 1.54) is 33.3 Å². The molecule has 2 heterocycles. The van der Waals surface area contributed by atoms with E-state index in [-0.39, 0.29) is 0 Å². The van der Waals surface area contributed by atoms with Crippen LogP contribution < -0.4 is 0 Å². The fourth-order valence-electron chi connectivity index (χ4n) is 3.62. The molecule has 4 rings (SSSR count). The molecule has 2 heteroatoms. The van der Waals surface area contributed by atoms with Gasteiger partial charge >= 0.3 is 0 Å². The van der Waals surface area contributed by atoms with Crippen molar-refractivity contribution in [1.29, 1.82) is 0 Å². The highest BCUT2D eigenvalue weighted by Crippen LogP contribution is 2.27. The third kappa shape index (κ3) is 2.95. The second kappa shape index (κ2) is 6.05. The van der Waals surface area contributed by atoms with Crippen molar-refractivity contribution in [2.24, 2.45) is 0 Å². The predicted octanol–water partition coefficient (Wildman–Crippen LogP) is 4.63. The Kier molecular flexibility index (Phi) is 3.76. The van der Waals surface area contributed by atoms with Crippen LogP contribution in [0.3, 0.4) is 0 Å². The fourth-order valence-corrected chi connectivity index (χ4v) is 3.62. The molecule has 116 valence electrons. The Bertz CT molecular complexity index is 843. The molecule has 1 aliphatic rings. The van der Waals surface area contributed by atoms with Gasteiger partial charge in [0.25, 0.3) is 0 Å². The number of fused-ring (bicyclic) bond motifs is 3. The molecule has 23 heavy (non-hydrogen) atoms. The van der Waals surface area contributed by atoms with Crippen molar-refractivity contribution in [2.75, 3.05) is 13.1 Å². The monoisotopic (exact) mass is 302 g/mol. The van der Waals surface area contributed by atoms with Crippen LogP contribution in [-0.2, 0) is 13.0 Å². The Balaban J connectivity index is 1.51. The smallest absolute Gasteiger partial charge is 0.0459 e. The van der Waals surface area contributed by atoms with Crippen LogP contribution in [0.2, 0.25) is 0 Å². The van der Waals surface area contributed by atoms with Crippen molar-refractivity contribution in [3.8, 4) is 0 Å². The highest BCUT2D eigenvalue weighted by Gasteiger charge is 2.20. The van der Waals surface area contributed by atoms with Crippen LogP contribution in [-0.4, -0.2) is 23.0 Å². The summed E-state index contributed by atoms with van der Waals surface area (Å²) in [7, 11) is 0. The maximum absolute atomic E-state index is 3.61. The molecule has 0 radical (unpaired) electrons. The standard InChI is InChI=1S/C21H22N2/c1-16(13-17-7-3-2-4-8-17)14-23-12-11-19-18-9-5-6-10-20(18)22-21(19)15-23/h2-10,13,22H,11-12,14-15H2,1H3. The molecule has 1 aliphatic heterocycles. The van der Waals surface area contributed by atoms with Crippen molar-refractivity contribution >= 4 is 17.0 Å². The highest BCUT2D eigenvalue weighted by molar-refractivity contribution is 5.84. The quantitative estimate of drug-likeness (QED) is 0.747. The van der Waals surface area contributed by atoms with Gasteiger partial charge in [-0.15, -0.1) is 0 Å². The minimum absolute atomic E-state index is 1.02. The summed E-state index contributed by atoms with van der Waals surface area (Å²) in [5, 5.41) is 1.40. The van der Waals surface area contributed by atoms with Gasteiger partial charge in [0.15, 0.2) is 0 Å². The molecular formula is C21H22N2. The third-order valence-electron chi connectivity index (χ3n) is 4.65. The number of aromatic amines is 1. The van der Waals surface area contributed by atoms with Gasteiger partial charge in [0.05, 0.1) is 0 Å². The van der Waals surface area contributed by atoms with E-state index in [1.807, 2.05) is 0 Å². The Labute approximate surface area is 137 Å². The number of para-hydroxylation sites is 1. The van der Waals surface area contributed by atoms with Crippen molar-refractivity contribution in [3.63, 3.8) is 0 Å². The number of H-pyrrole nitrogens is 1. The summed E-state index contributed by atoms with van der Waals surface area (Å²) in [5.41, 5.74) is 6.88. The van der Waals surface area contributed by atoms with E-state index < -0.39 is 0 Å². The maximum Gasteiger partial charge on any atom is 0.0459 e. The Hall–Kier alpha value is -2.32. The minimum atomic E-state index is 1.02. The topological polar surface area (TPSA) is 19.0 Å². The van der Waals surface area contributed by atoms with Crippen molar-refractivity contribution in [1.82, 2.24) is 9.88 Å². The molecule has 0 fully saturated rings. The molecule has 0 spiro atoms. The lowest BCUT2D eigenvalue weighted by atomic mass is 10.0. The molecule has 0 saturated carbocycles. The van der Waals surface area contributed by atoms with Gasteiger partial charge in [-0.05, 0) is 30.5 Å². The number of hydrogen-bond donors (Lipinski definition) is 1. The van der Waals surface area contributed by atoms with Crippen LogP contribution in [0.15, 0.2) is 60.2 Å². The van der Waals surface area contributed by atoms with Gasteiger partial charge in [0.2, 0.25) is 0 Å². The molecule has 2 aromatic carbocycles. The molecule has 0 amide bonds. The first-order valence-electron chi connectivity index (χ1n) is 8.32. The largest absolute Gasteiger partial charge is 0.357 e. The van der Waals surface area contributed by atoms with Crippen LogP contribution in [0.25, 0.3) is 17.0 Å². The van der Waals surface area contributed by atoms with E-state index in [0.29, 0.717) is 0 Å². The predicted molar refractivity (Wildman–Crippen MR) is 97.4 cm³/mol. The minimum Gasteiger partial charge on any atom is -0.357 e. The number of nitrogens with zero attached hydrogens (tertiary/aromatic N) is 1. The lowest BCUT2D eigenvalue weighted by Crippen LogP contribution is -2.31. The first-order chi connectivity index (χ1) is 11.3. The van der Waals surface area contributed by atoms with Crippen molar-refractivity contribution in [3.05, 3.63) is 77.0 Å². The molecular weight excluding hydrogens is 280 g/mol. The lowest BCUT2D eigenvalue weighted by Gasteiger charge is -2.27. The van der Waals surface area contributed by atoms with Gasteiger partial charge in [-0.25, -0.2) is 0 Å². The number of rotatable bonds is 3. The second-order valence-corrected chi connectivity index (χ2v) is 6.49. The molecule has 1 aromatic heterocycles. The second-order valence-electron chi connectivity index (χ2n) is 6.49. The number of nitrogens with one attached hydrogen (secondary N) is 1. The zero-order valence-electron chi connectivity index (χ0n) is 13.5. The number of hydrogen-bond acceptors (Lipinski definition) is 1. The molecule has 1 N–H and O–H groups in total. The van der Waals surface area contributed by atoms with Gasteiger partial charge in [-0.3, -0.25) is 4.90 Å². The Morgan fingerprint density at radius 1 is 1.09 bits per heavy atom. The van der Waals surface area contributed by atoms with E-state index in [2.05, 4.69) is 77.5 Å². The van der Waals surface area contributed by atoms with Crippen molar-refractivity contribution in [2.45, 2.75) is 19.9 Å². The van der Waals surface area contributed by atoms with Crippen LogP contribution in [0.5, 0.6) is 0 Å². The SMILES string of the molecule is CC(=Cc1ccccc1)CN1CCc2c([nH]c3ccccc23)C1. The summed E-state index contributed by atoms with van der Waals surface area (Å²) >= 11 is 0. The maximum atomic E-state index is 3.61. The van der Waals surface area contributed by atoms with E-state index in [9.17, 15) is 0 Å². The molecule has 0 atom stereocenters. The van der Waals surface area contributed by atoms with E-state index in [1.54, 1.807) is 0 Å². The van der Waals surface area contributed by atoms with E-state index in [4.69, 9.17) is 0 Å². The van der Waals surface area contributed by atoms with Crippen LogP contribution in [0, 0.1) is 0 Å². The molecule has 3 aromatic rings. The summed E-state index contributed by atoms with van der Waals surface area (Å²) in [6.45, 7) is 5.41. The number of aromatic nitrogens is 1. The normalized spacial score (nSPS) is 15.8. The molecule has 0 unspecified atom stereocenters. The van der Waals surface area contributed by atoms with Crippen molar-refractivity contribution < 1.29 is 0 Å². The van der Waals surface area contributed by atoms with E-state index >= 15 is 0 Å². The summed E-state index contributed by atoms with van der Waals surface area (Å²) in [5.74, 6) is 0. The van der Waals surface area contributed by atoms with Crippen LogP contribution in [0.1, 0.15) is 23.7 Å². The van der Waals surface area contributed by atoms with E-state index in [0.717, 1.165) is 26.1 Å². The van der Waals surface area contributed by atoms with Gasteiger partial charge in [0.1, 0.15) is 0 Å². The fraction of sp³-hybridized carbons (Fsp3) is 0.238. The van der Waals surface area contributed by atoms with Gasteiger partial charge in [-0.2, -0.15) is 0 Å².